The van der Waals surface area contributed by atoms with Gasteiger partial charge in [0.1, 0.15) is 5.82 Å². The normalized spacial score (nSPS) is 17.4. The Balaban J connectivity index is 2.44. The van der Waals surface area contributed by atoms with Gasteiger partial charge in [-0.1, -0.05) is 30.3 Å². The molecule has 4 nitrogen and oxygen atoms in total. The Morgan fingerprint density at radius 1 is 1.00 bits per heavy atom. The van der Waals surface area contributed by atoms with Crippen LogP contribution in [0.25, 0.3) is 0 Å². The molecule has 1 aromatic carbocycles. The number of hydrogen-bond acceptors (Lipinski definition) is 4. The molecule has 0 N–H and O–H groups in total. The van der Waals surface area contributed by atoms with Crippen LogP contribution in [0.2, 0.25) is 0 Å². The third kappa shape index (κ3) is 3.14. The van der Waals surface area contributed by atoms with Crippen molar-refractivity contribution in [3.63, 3.8) is 0 Å². The molecule has 2 rings (SSSR count). The molecule has 1 saturated heterocycles. The first kappa shape index (κ1) is 14.9. The third-order valence-electron chi connectivity index (χ3n) is 3.33. The Morgan fingerprint density at radius 2 is 1.55 bits per heavy atom. The number of hydrogen-bond donors (Lipinski definition) is 0. The summed E-state index contributed by atoms with van der Waals surface area (Å²) in [4.78, 5) is 4.12. The molecule has 0 bridgehead atoms. The van der Waals surface area contributed by atoms with Gasteiger partial charge in [-0.25, -0.2) is 0 Å². The lowest BCUT2D eigenvalue weighted by molar-refractivity contribution is -0.245. The van der Waals surface area contributed by atoms with Crippen LogP contribution < -0.4 is 0 Å². The second-order valence-corrected chi connectivity index (χ2v) is 5.38. The molecule has 1 aromatic rings. The molecular formula is C16H24N2O2. The van der Waals surface area contributed by atoms with Gasteiger partial charge in [-0.2, -0.15) is 0 Å². The summed E-state index contributed by atoms with van der Waals surface area (Å²) in [6.45, 7) is 1.42. The molecule has 0 aliphatic carbocycles. The van der Waals surface area contributed by atoms with Crippen molar-refractivity contribution in [3.8, 4) is 0 Å². The van der Waals surface area contributed by atoms with Crippen LogP contribution in [0.3, 0.4) is 0 Å². The number of benzene rings is 1. The summed E-state index contributed by atoms with van der Waals surface area (Å²) in [5, 5.41) is 0. The van der Waals surface area contributed by atoms with Gasteiger partial charge < -0.3 is 19.3 Å². The van der Waals surface area contributed by atoms with Crippen molar-refractivity contribution in [2.45, 2.75) is 12.2 Å². The Labute approximate surface area is 121 Å². The van der Waals surface area contributed by atoms with Gasteiger partial charge in [0.2, 0.25) is 5.79 Å². The summed E-state index contributed by atoms with van der Waals surface area (Å²) in [5.74, 6) is 0.263. The van der Waals surface area contributed by atoms with Gasteiger partial charge in [0.05, 0.1) is 13.2 Å². The highest BCUT2D eigenvalue weighted by molar-refractivity contribution is 5.26. The van der Waals surface area contributed by atoms with Crippen molar-refractivity contribution in [1.29, 1.82) is 0 Å². The molecule has 20 heavy (non-hydrogen) atoms. The predicted molar refractivity (Wildman–Crippen MR) is 80.1 cm³/mol. The molecule has 1 aliphatic heterocycles. The molecular weight excluding hydrogens is 252 g/mol. The van der Waals surface area contributed by atoms with Crippen molar-refractivity contribution in [2.75, 3.05) is 41.4 Å². The third-order valence-corrected chi connectivity index (χ3v) is 3.33. The van der Waals surface area contributed by atoms with Crippen molar-refractivity contribution in [1.82, 2.24) is 9.80 Å². The van der Waals surface area contributed by atoms with E-state index in [1.165, 1.54) is 0 Å². The van der Waals surface area contributed by atoms with E-state index in [4.69, 9.17) is 9.47 Å². The van der Waals surface area contributed by atoms with Gasteiger partial charge in [-0.05, 0) is 6.42 Å². The van der Waals surface area contributed by atoms with Crippen LogP contribution >= 0.6 is 0 Å². The first-order valence-corrected chi connectivity index (χ1v) is 6.96. The number of rotatable bonds is 4. The Kier molecular flexibility index (Phi) is 4.68. The van der Waals surface area contributed by atoms with E-state index >= 15 is 0 Å². The van der Waals surface area contributed by atoms with Crippen LogP contribution in [0.4, 0.5) is 0 Å². The second kappa shape index (κ2) is 6.29. The molecule has 110 valence electrons. The SMILES string of the molecule is CN(C)C(=CC1(c2ccccc2)OCCCO1)N(C)C. The largest absolute Gasteiger partial charge is 0.365 e. The molecule has 0 saturated carbocycles. The molecule has 1 heterocycles. The highest BCUT2D eigenvalue weighted by Crippen LogP contribution is 2.33. The average Bonchev–Trinajstić information content (AvgIpc) is 2.46. The summed E-state index contributed by atoms with van der Waals surface area (Å²) in [6.07, 6.45) is 2.99. The van der Waals surface area contributed by atoms with E-state index in [2.05, 4.69) is 15.9 Å². The lowest BCUT2D eigenvalue weighted by Crippen LogP contribution is -2.39. The van der Waals surface area contributed by atoms with Crippen LogP contribution in [0.1, 0.15) is 12.0 Å². The summed E-state index contributed by atoms with van der Waals surface area (Å²) < 4.78 is 12.1. The van der Waals surface area contributed by atoms with Crippen molar-refractivity contribution in [2.24, 2.45) is 0 Å². The van der Waals surface area contributed by atoms with Gasteiger partial charge in [-0.3, -0.25) is 0 Å². The van der Waals surface area contributed by atoms with Crippen LogP contribution in [-0.2, 0) is 15.3 Å². The summed E-state index contributed by atoms with van der Waals surface area (Å²) >= 11 is 0. The zero-order valence-electron chi connectivity index (χ0n) is 12.8. The zero-order chi connectivity index (χ0) is 14.6. The molecule has 0 radical (unpaired) electrons. The van der Waals surface area contributed by atoms with E-state index in [9.17, 15) is 0 Å². The lowest BCUT2D eigenvalue weighted by atomic mass is 10.0. The average molecular weight is 276 g/mol. The molecule has 0 atom stereocenters. The highest BCUT2D eigenvalue weighted by atomic mass is 16.7. The maximum absolute atomic E-state index is 6.03. The molecule has 0 unspecified atom stereocenters. The number of ether oxygens (including phenoxy) is 2. The molecule has 4 heteroatoms. The molecule has 0 aromatic heterocycles. The summed E-state index contributed by atoms with van der Waals surface area (Å²) in [6, 6.07) is 10.1. The first-order valence-electron chi connectivity index (χ1n) is 6.96. The fourth-order valence-corrected chi connectivity index (χ4v) is 2.38. The van der Waals surface area contributed by atoms with Gasteiger partial charge in [-0.15, -0.1) is 0 Å². The molecule has 1 aliphatic rings. The van der Waals surface area contributed by atoms with E-state index in [0.717, 1.165) is 17.8 Å². The lowest BCUT2D eigenvalue weighted by Gasteiger charge is -2.37. The molecule has 0 spiro atoms. The topological polar surface area (TPSA) is 24.9 Å². The van der Waals surface area contributed by atoms with Gasteiger partial charge >= 0.3 is 0 Å². The van der Waals surface area contributed by atoms with Crippen LogP contribution in [0.15, 0.2) is 42.2 Å². The fourth-order valence-electron chi connectivity index (χ4n) is 2.38. The maximum Gasteiger partial charge on any atom is 0.218 e. The van der Waals surface area contributed by atoms with Gasteiger partial charge in [0, 0.05) is 39.8 Å². The van der Waals surface area contributed by atoms with Crippen LogP contribution in [0.5, 0.6) is 0 Å². The van der Waals surface area contributed by atoms with Crippen molar-refractivity contribution >= 4 is 0 Å². The van der Waals surface area contributed by atoms with Gasteiger partial charge in [0.15, 0.2) is 0 Å². The standard InChI is InChI=1S/C16H24N2O2/c1-17(2)15(18(3)4)13-16(19-11-8-12-20-16)14-9-6-5-7-10-14/h5-7,9-10,13H,8,11-12H2,1-4H3. The maximum atomic E-state index is 6.03. The molecule has 0 amide bonds. The van der Waals surface area contributed by atoms with Crippen molar-refractivity contribution in [3.05, 3.63) is 47.8 Å². The predicted octanol–water partition coefficient (Wildman–Crippen LogP) is 2.24. The van der Waals surface area contributed by atoms with E-state index in [1.807, 2.05) is 58.5 Å². The minimum Gasteiger partial charge on any atom is -0.365 e. The Morgan fingerprint density at radius 3 is 2.05 bits per heavy atom. The summed E-state index contributed by atoms with van der Waals surface area (Å²) in [7, 11) is 8.08. The van der Waals surface area contributed by atoms with E-state index in [-0.39, 0.29) is 0 Å². The van der Waals surface area contributed by atoms with E-state index in [0.29, 0.717) is 13.2 Å². The highest BCUT2D eigenvalue weighted by Gasteiger charge is 2.35. The Bertz CT molecular complexity index is 439. The van der Waals surface area contributed by atoms with Crippen LogP contribution in [-0.4, -0.2) is 51.2 Å². The minimum atomic E-state index is -0.788. The van der Waals surface area contributed by atoms with Gasteiger partial charge in [0.25, 0.3) is 0 Å². The smallest absolute Gasteiger partial charge is 0.218 e. The monoisotopic (exact) mass is 276 g/mol. The molecule has 1 fully saturated rings. The number of nitrogens with zero attached hydrogens (tertiary/aromatic N) is 2. The van der Waals surface area contributed by atoms with E-state index < -0.39 is 5.79 Å². The van der Waals surface area contributed by atoms with Crippen molar-refractivity contribution < 1.29 is 9.47 Å². The fraction of sp³-hybridized carbons (Fsp3) is 0.500. The zero-order valence-corrected chi connectivity index (χ0v) is 12.8. The summed E-state index contributed by atoms with van der Waals surface area (Å²) in [5.41, 5.74) is 1.03. The second-order valence-electron chi connectivity index (χ2n) is 5.38. The first-order chi connectivity index (χ1) is 9.55. The van der Waals surface area contributed by atoms with E-state index in [1.54, 1.807) is 0 Å². The Hall–Kier alpha value is -1.52. The minimum absolute atomic E-state index is 0.708. The van der Waals surface area contributed by atoms with Crippen LogP contribution in [0, 0.1) is 0 Å². The quantitative estimate of drug-likeness (QED) is 0.842.